The van der Waals surface area contributed by atoms with Crippen molar-refractivity contribution in [2.24, 2.45) is 4.99 Å². The Hall–Kier alpha value is -4.51. The molecule has 0 saturated heterocycles. The molecule has 0 amide bonds. The van der Waals surface area contributed by atoms with Crippen molar-refractivity contribution in [3.8, 4) is 10.8 Å². The van der Waals surface area contributed by atoms with Gasteiger partial charge in [0, 0.05) is 33.4 Å². The number of thiophene rings is 1. The van der Waals surface area contributed by atoms with Crippen molar-refractivity contribution < 1.29 is 24.2 Å². The minimum atomic E-state index is -0.953. The van der Waals surface area contributed by atoms with Gasteiger partial charge in [0.1, 0.15) is 28.2 Å². The van der Waals surface area contributed by atoms with E-state index in [4.69, 9.17) is 14.5 Å². The Kier molecular flexibility index (Phi) is 7.87. The number of rotatable bonds is 8. The summed E-state index contributed by atoms with van der Waals surface area (Å²) >= 11 is 1.63. The lowest BCUT2D eigenvalue weighted by Crippen LogP contribution is -2.27. The standard InChI is InChI=1S/C31H33N5O5S/c1-17-18(2)42-30-27(17)28(33-24(15-25(37)38)29-35-34-19(3)36(29)30)20-10-12-21(13-11-20)32-22-8-7-9-23(14-22)40-16-26(39)41-31(4,5)6/h7-14,24,32H,15-16H2,1-6H3,(H,37,38)/t24-/m0/s1. The number of aliphatic carboxylic acids is 1. The van der Waals surface area contributed by atoms with Gasteiger partial charge in [0.05, 0.1) is 12.1 Å². The summed E-state index contributed by atoms with van der Waals surface area (Å²) in [5.41, 5.74) is 4.70. The Balaban J connectivity index is 1.41. The second kappa shape index (κ2) is 11.4. The number of carboxylic acids is 1. The van der Waals surface area contributed by atoms with E-state index in [0.29, 0.717) is 17.4 Å². The van der Waals surface area contributed by atoms with Crippen molar-refractivity contribution in [2.75, 3.05) is 11.9 Å². The summed E-state index contributed by atoms with van der Waals surface area (Å²) in [7, 11) is 0. The SMILES string of the molecule is Cc1sc2c(c1C)C(c1ccc(Nc3cccc(OCC(=O)OC(C)(C)C)c3)cc1)=N[C@@H](CC(=O)O)c1nnc(C)n1-2. The number of carbonyl (C=O) groups is 2. The lowest BCUT2D eigenvalue weighted by Gasteiger charge is -2.19. The summed E-state index contributed by atoms with van der Waals surface area (Å²) in [6.45, 7) is 11.2. The number of aliphatic imine (C=N–C) groups is 1. The van der Waals surface area contributed by atoms with Gasteiger partial charge in [-0.3, -0.25) is 14.4 Å². The van der Waals surface area contributed by atoms with E-state index < -0.39 is 23.6 Å². The van der Waals surface area contributed by atoms with Crippen LogP contribution in [0.15, 0.2) is 53.5 Å². The molecule has 3 heterocycles. The highest BCUT2D eigenvalue weighted by molar-refractivity contribution is 7.15. The van der Waals surface area contributed by atoms with Gasteiger partial charge in [-0.1, -0.05) is 18.2 Å². The van der Waals surface area contributed by atoms with Crippen molar-refractivity contribution in [2.45, 2.75) is 59.6 Å². The van der Waals surface area contributed by atoms with Crippen LogP contribution >= 0.6 is 11.3 Å². The summed E-state index contributed by atoms with van der Waals surface area (Å²) in [6, 6.07) is 14.5. The lowest BCUT2D eigenvalue weighted by atomic mass is 9.99. The molecular formula is C31H33N5O5S. The van der Waals surface area contributed by atoms with Crippen LogP contribution in [0.4, 0.5) is 11.4 Å². The summed E-state index contributed by atoms with van der Waals surface area (Å²) in [6.07, 6.45) is -0.194. The van der Waals surface area contributed by atoms with Gasteiger partial charge in [-0.25, -0.2) is 4.79 Å². The normalized spacial score (nSPS) is 14.3. The van der Waals surface area contributed by atoms with E-state index in [1.807, 2.05) is 74.7 Å². The molecule has 0 unspecified atom stereocenters. The molecule has 218 valence electrons. The smallest absolute Gasteiger partial charge is 0.344 e. The molecule has 0 radical (unpaired) electrons. The second-order valence-electron chi connectivity index (χ2n) is 11.1. The number of carboxylic acid groups (broad SMARTS) is 1. The molecule has 4 aromatic rings. The van der Waals surface area contributed by atoms with Gasteiger partial charge in [-0.15, -0.1) is 21.5 Å². The Labute approximate surface area is 248 Å². The van der Waals surface area contributed by atoms with E-state index in [9.17, 15) is 14.7 Å². The van der Waals surface area contributed by atoms with Gasteiger partial charge in [0.2, 0.25) is 0 Å². The third-order valence-corrected chi connectivity index (χ3v) is 7.86. The molecule has 0 spiro atoms. The molecule has 0 bridgehead atoms. The van der Waals surface area contributed by atoms with Crippen LogP contribution in [0.1, 0.15) is 66.5 Å². The van der Waals surface area contributed by atoms with Crippen LogP contribution < -0.4 is 10.1 Å². The van der Waals surface area contributed by atoms with Crippen LogP contribution in [-0.2, 0) is 14.3 Å². The molecule has 42 heavy (non-hydrogen) atoms. The van der Waals surface area contributed by atoms with Crippen molar-refractivity contribution in [3.05, 3.63) is 81.7 Å². The molecule has 2 aromatic carbocycles. The van der Waals surface area contributed by atoms with Crippen molar-refractivity contribution >= 4 is 40.4 Å². The summed E-state index contributed by atoms with van der Waals surface area (Å²) < 4.78 is 12.9. The Bertz CT molecular complexity index is 1680. The van der Waals surface area contributed by atoms with E-state index in [1.54, 1.807) is 17.4 Å². The molecule has 2 N–H and O–H groups in total. The molecule has 0 saturated carbocycles. The summed E-state index contributed by atoms with van der Waals surface area (Å²) in [5.74, 6) is 0.372. The van der Waals surface area contributed by atoms with E-state index in [2.05, 4.69) is 29.4 Å². The molecule has 5 rings (SSSR count). The summed E-state index contributed by atoms with van der Waals surface area (Å²) in [4.78, 5) is 29.9. The molecule has 0 aliphatic carbocycles. The number of hydrogen-bond donors (Lipinski definition) is 2. The second-order valence-corrected chi connectivity index (χ2v) is 12.3. The number of carbonyl (C=O) groups excluding carboxylic acids is 1. The fourth-order valence-corrected chi connectivity index (χ4v) is 5.96. The van der Waals surface area contributed by atoms with Gasteiger partial charge >= 0.3 is 11.9 Å². The molecule has 1 aliphatic rings. The first-order valence-electron chi connectivity index (χ1n) is 13.5. The number of ether oxygens (including phenoxy) is 2. The number of esters is 1. The molecule has 11 heteroatoms. The Morgan fingerprint density at radius 3 is 2.48 bits per heavy atom. The lowest BCUT2D eigenvalue weighted by molar-refractivity contribution is -0.157. The fourth-order valence-electron chi connectivity index (χ4n) is 4.75. The van der Waals surface area contributed by atoms with Crippen molar-refractivity contribution in [3.63, 3.8) is 0 Å². The zero-order valence-electron chi connectivity index (χ0n) is 24.4. The topological polar surface area (TPSA) is 128 Å². The number of anilines is 2. The zero-order valence-corrected chi connectivity index (χ0v) is 25.2. The maximum atomic E-state index is 12.0. The van der Waals surface area contributed by atoms with Gasteiger partial charge in [-0.2, -0.15) is 0 Å². The monoisotopic (exact) mass is 587 g/mol. The number of aromatic nitrogens is 3. The Morgan fingerprint density at radius 1 is 1.05 bits per heavy atom. The largest absolute Gasteiger partial charge is 0.482 e. The molecule has 0 fully saturated rings. The first-order chi connectivity index (χ1) is 19.9. The van der Waals surface area contributed by atoms with Gasteiger partial charge < -0.3 is 19.9 Å². The number of fused-ring (bicyclic) bond motifs is 3. The molecule has 10 nitrogen and oxygen atoms in total. The first-order valence-corrected chi connectivity index (χ1v) is 14.4. The van der Waals surface area contributed by atoms with Crippen LogP contribution in [0, 0.1) is 20.8 Å². The predicted octanol–water partition coefficient (Wildman–Crippen LogP) is 6.08. The van der Waals surface area contributed by atoms with Crippen LogP contribution in [0.2, 0.25) is 0 Å². The fraction of sp³-hybridized carbons (Fsp3) is 0.323. The number of hydrogen-bond acceptors (Lipinski definition) is 9. The first kappa shape index (κ1) is 29.0. The van der Waals surface area contributed by atoms with Crippen LogP contribution in [0.3, 0.4) is 0 Å². The highest BCUT2D eigenvalue weighted by Gasteiger charge is 2.32. The van der Waals surface area contributed by atoms with Crippen LogP contribution in [0.25, 0.3) is 5.00 Å². The van der Waals surface area contributed by atoms with E-state index in [0.717, 1.165) is 43.7 Å². The molecular weight excluding hydrogens is 554 g/mol. The quantitative estimate of drug-likeness (QED) is 0.237. The summed E-state index contributed by atoms with van der Waals surface area (Å²) in [5, 5.41) is 22.5. The number of nitrogens with one attached hydrogen (secondary N) is 1. The van der Waals surface area contributed by atoms with E-state index >= 15 is 0 Å². The van der Waals surface area contributed by atoms with E-state index in [-0.39, 0.29) is 13.0 Å². The van der Waals surface area contributed by atoms with Crippen LogP contribution in [-0.4, -0.2) is 49.7 Å². The van der Waals surface area contributed by atoms with Crippen LogP contribution in [0.5, 0.6) is 5.75 Å². The Morgan fingerprint density at radius 2 is 1.79 bits per heavy atom. The highest BCUT2D eigenvalue weighted by Crippen LogP contribution is 2.39. The minimum absolute atomic E-state index is 0.181. The predicted molar refractivity (Wildman–Crippen MR) is 162 cm³/mol. The molecule has 2 aromatic heterocycles. The molecule has 1 aliphatic heterocycles. The highest BCUT2D eigenvalue weighted by atomic mass is 32.1. The number of nitrogens with zero attached hydrogens (tertiary/aromatic N) is 4. The van der Waals surface area contributed by atoms with Gasteiger partial charge in [0.25, 0.3) is 0 Å². The van der Waals surface area contributed by atoms with Crippen molar-refractivity contribution in [1.82, 2.24) is 14.8 Å². The molecule has 1 atom stereocenters. The maximum absolute atomic E-state index is 12.0. The number of aryl methyl sites for hydroxylation is 2. The minimum Gasteiger partial charge on any atom is -0.482 e. The van der Waals surface area contributed by atoms with Gasteiger partial charge in [0.15, 0.2) is 12.4 Å². The number of benzene rings is 2. The maximum Gasteiger partial charge on any atom is 0.344 e. The van der Waals surface area contributed by atoms with Gasteiger partial charge in [-0.05, 0) is 71.4 Å². The average Bonchev–Trinajstić information content (AvgIpc) is 3.39. The zero-order chi connectivity index (χ0) is 30.2. The third-order valence-electron chi connectivity index (χ3n) is 6.67. The van der Waals surface area contributed by atoms with Crippen molar-refractivity contribution in [1.29, 1.82) is 0 Å². The average molecular weight is 588 g/mol. The third kappa shape index (κ3) is 6.20. The van der Waals surface area contributed by atoms with E-state index in [1.165, 1.54) is 0 Å².